The molecular weight excluding hydrogens is 296 g/mol. The van der Waals surface area contributed by atoms with Gasteiger partial charge in [-0.2, -0.15) is 11.8 Å². The van der Waals surface area contributed by atoms with Crippen LogP contribution < -0.4 is 15.2 Å². The molecule has 20 heavy (non-hydrogen) atoms. The Morgan fingerprint density at radius 1 is 1.40 bits per heavy atom. The minimum Gasteiger partial charge on any atom is -0.490 e. The fourth-order valence-electron chi connectivity index (χ4n) is 1.56. The van der Waals surface area contributed by atoms with Crippen LogP contribution in [0, 0.1) is 5.92 Å². The maximum atomic E-state index is 11.8. The number of thioether (sulfide) groups is 1. The first-order valence-electron chi connectivity index (χ1n) is 6.38. The molecule has 0 aromatic heterocycles. The van der Waals surface area contributed by atoms with Crippen LogP contribution in [0.15, 0.2) is 24.3 Å². The first kappa shape index (κ1) is 17.1. The molecule has 0 aliphatic rings. The summed E-state index contributed by atoms with van der Waals surface area (Å²) in [5.74, 6) is 1.68. The van der Waals surface area contributed by atoms with E-state index in [-0.39, 0.29) is 12.4 Å². The molecule has 0 spiro atoms. The summed E-state index contributed by atoms with van der Waals surface area (Å²) < 4.78 is 31.5. The van der Waals surface area contributed by atoms with Crippen molar-refractivity contribution in [1.29, 1.82) is 0 Å². The zero-order chi connectivity index (χ0) is 15.0. The first-order chi connectivity index (χ1) is 9.44. The van der Waals surface area contributed by atoms with E-state index in [4.69, 9.17) is 10.5 Å². The van der Waals surface area contributed by atoms with Crippen molar-refractivity contribution in [3.05, 3.63) is 24.3 Å². The van der Waals surface area contributed by atoms with E-state index in [1.165, 1.54) is 0 Å². The first-order valence-corrected chi connectivity index (χ1v) is 9.43. The summed E-state index contributed by atoms with van der Waals surface area (Å²) in [4.78, 5) is 0. The standard InChI is InChI=1S/C13H22N2O3S2/c1-11(10-19-2)9-15-20(16,17)8-7-18-13-6-4-3-5-12(13)14/h3-6,11,15H,7-10,14H2,1-2H3. The van der Waals surface area contributed by atoms with Gasteiger partial charge in [0, 0.05) is 6.54 Å². The Labute approximate surface area is 125 Å². The number of nitrogens with two attached hydrogens (primary N) is 1. The van der Waals surface area contributed by atoms with E-state index in [0.717, 1.165) is 5.75 Å². The van der Waals surface area contributed by atoms with Gasteiger partial charge in [0.25, 0.3) is 0 Å². The second-order valence-electron chi connectivity index (χ2n) is 4.61. The number of hydrogen-bond acceptors (Lipinski definition) is 5. The average molecular weight is 318 g/mol. The Morgan fingerprint density at radius 3 is 2.75 bits per heavy atom. The molecule has 7 heteroatoms. The lowest BCUT2D eigenvalue weighted by molar-refractivity contribution is 0.342. The van der Waals surface area contributed by atoms with Crippen molar-refractivity contribution in [2.24, 2.45) is 5.92 Å². The Hall–Kier alpha value is -0.920. The van der Waals surface area contributed by atoms with Crippen molar-refractivity contribution in [3.8, 4) is 5.75 Å². The zero-order valence-corrected chi connectivity index (χ0v) is 13.5. The van der Waals surface area contributed by atoms with Crippen LogP contribution in [0.5, 0.6) is 5.75 Å². The number of nitrogens with one attached hydrogen (secondary N) is 1. The molecule has 0 aliphatic heterocycles. The smallest absolute Gasteiger partial charge is 0.214 e. The molecular formula is C13H22N2O3S2. The molecule has 1 rings (SSSR count). The number of hydrogen-bond donors (Lipinski definition) is 2. The van der Waals surface area contributed by atoms with Crippen molar-refractivity contribution < 1.29 is 13.2 Å². The van der Waals surface area contributed by atoms with E-state index >= 15 is 0 Å². The molecule has 114 valence electrons. The van der Waals surface area contributed by atoms with Crippen molar-refractivity contribution in [3.63, 3.8) is 0 Å². The molecule has 3 N–H and O–H groups in total. The quantitative estimate of drug-likeness (QED) is 0.675. The van der Waals surface area contributed by atoms with E-state index in [1.54, 1.807) is 36.0 Å². The van der Waals surface area contributed by atoms with Gasteiger partial charge in [-0.05, 0) is 30.1 Å². The van der Waals surface area contributed by atoms with Gasteiger partial charge in [-0.3, -0.25) is 0 Å². The Bertz CT molecular complexity index is 506. The highest BCUT2D eigenvalue weighted by Crippen LogP contribution is 2.19. The lowest BCUT2D eigenvalue weighted by atomic mass is 10.2. The summed E-state index contributed by atoms with van der Waals surface area (Å²) in [7, 11) is -3.30. The number of anilines is 1. The highest BCUT2D eigenvalue weighted by atomic mass is 32.2. The largest absolute Gasteiger partial charge is 0.490 e. The van der Waals surface area contributed by atoms with Crippen LogP contribution >= 0.6 is 11.8 Å². The third-order valence-corrected chi connectivity index (χ3v) is 4.84. The zero-order valence-electron chi connectivity index (χ0n) is 11.8. The molecule has 0 fully saturated rings. The number of rotatable bonds is 9. The van der Waals surface area contributed by atoms with Crippen LogP contribution in [0.3, 0.4) is 0 Å². The number of ether oxygens (including phenoxy) is 1. The van der Waals surface area contributed by atoms with Gasteiger partial charge < -0.3 is 10.5 Å². The van der Waals surface area contributed by atoms with Crippen LogP contribution in [0.25, 0.3) is 0 Å². The van der Waals surface area contributed by atoms with Gasteiger partial charge in [0.15, 0.2) is 0 Å². The van der Waals surface area contributed by atoms with Crippen molar-refractivity contribution >= 4 is 27.5 Å². The third-order valence-electron chi connectivity index (χ3n) is 2.63. The van der Waals surface area contributed by atoms with E-state index in [1.807, 2.05) is 13.2 Å². The van der Waals surface area contributed by atoms with E-state index in [9.17, 15) is 8.42 Å². The predicted octanol–water partition coefficient (Wildman–Crippen LogP) is 1.57. The van der Waals surface area contributed by atoms with Crippen LogP contribution in [0.4, 0.5) is 5.69 Å². The van der Waals surface area contributed by atoms with Crippen LogP contribution in [0.2, 0.25) is 0 Å². The van der Waals surface area contributed by atoms with Crippen molar-refractivity contribution in [1.82, 2.24) is 4.72 Å². The minimum absolute atomic E-state index is 0.0761. The van der Waals surface area contributed by atoms with Crippen LogP contribution in [-0.4, -0.2) is 39.3 Å². The molecule has 0 radical (unpaired) electrons. The minimum atomic E-state index is -3.30. The monoisotopic (exact) mass is 318 g/mol. The fourth-order valence-corrected chi connectivity index (χ4v) is 3.23. The van der Waals surface area contributed by atoms with Gasteiger partial charge in [-0.15, -0.1) is 0 Å². The number of benzene rings is 1. The average Bonchev–Trinajstić information content (AvgIpc) is 2.39. The molecule has 1 aromatic carbocycles. The highest BCUT2D eigenvalue weighted by molar-refractivity contribution is 7.98. The Kier molecular flexibility index (Phi) is 7.18. The molecule has 0 aliphatic carbocycles. The van der Waals surface area contributed by atoms with Crippen molar-refractivity contribution in [2.75, 3.05) is 36.6 Å². The predicted molar refractivity (Wildman–Crippen MR) is 85.7 cm³/mol. The lowest BCUT2D eigenvalue weighted by Crippen LogP contribution is -2.33. The Balaban J connectivity index is 2.35. The third kappa shape index (κ3) is 6.49. The molecule has 0 bridgehead atoms. The van der Waals surface area contributed by atoms with E-state index < -0.39 is 10.0 Å². The molecule has 1 aromatic rings. The van der Waals surface area contributed by atoms with Crippen LogP contribution in [-0.2, 0) is 10.0 Å². The van der Waals surface area contributed by atoms with Crippen LogP contribution in [0.1, 0.15) is 6.92 Å². The summed E-state index contributed by atoms with van der Waals surface area (Å²) in [6, 6.07) is 7.03. The van der Waals surface area contributed by atoms with Crippen molar-refractivity contribution in [2.45, 2.75) is 6.92 Å². The summed E-state index contributed by atoms with van der Waals surface area (Å²) >= 11 is 1.70. The number of nitrogen functional groups attached to an aromatic ring is 1. The summed E-state index contributed by atoms with van der Waals surface area (Å²) in [6.45, 7) is 2.55. The Morgan fingerprint density at radius 2 is 2.10 bits per heavy atom. The normalized spacial score (nSPS) is 13.1. The van der Waals surface area contributed by atoms with Gasteiger partial charge in [-0.1, -0.05) is 19.1 Å². The molecule has 0 heterocycles. The summed E-state index contributed by atoms with van der Waals surface area (Å²) in [5.41, 5.74) is 6.22. The van der Waals surface area contributed by atoms with Gasteiger partial charge in [0.2, 0.25) is 10.0 Å². The second kappa shape index (κ2) is 8.39. The maximum absolute atomic E-state index is 11.8. The molecule has 1 atom stereocenters. The van der Waals surface area contributed by atoms with E-state index in [2.05, 4.69) is 4.72 Å². The molecule has 0 saturated heterocycles. The van der Waals surface area contributed by atoms with Gasteiger partial charge in [0.1, 0.15) is 12.4 Å². The van der Waals surface area contributed by atoms with Gasteiger partial charge in [-0.25, -0.2) is 13.1 Å². The van der Waals surface area contributed by atoms with E-state index in [0.29, 0.717) is 23.9 Å². The topological polar surface area (TPSA) is 81.4 Å². The SMILES string of the molecule is CSCC(C)CNS(=O)(=O)CCOc1ccccc1N. The fraction of sp³-hybridized carbons (Fsp3) is 0.538. The lowest BCUT2D eigenvalue weighted by Gasteiger charge is -2.12. The maximum Gasteiger partial charge on any atom is 0.214 e. The number of para-hydroxylation sites is 2. The molecule has 0 amide bonds. The molecule has 1 unspecified atom stereocenters. The molecule has 0 saturated carbocycles. The summed E-state index contributed by atoms with van der Waals surface area (Å²) in [5, 5.41) is 0. The highest BCUT2D eigenvalue weighted by Gasteiger charge is 2.12. The second-order valence-corrected chi connectivity index (χ2v) is 7.45. The summed E-state index contributed by atoms with van der Waals surface area (Å²) in [6.07, 6.45) is 2.00. The van der Waals surface area contributed by atoms with Gasteiger partial charge >= 0.3 is 0 Å². The number of sulfonamides is 1. The molecule has 5 nitrogen and oxygen atoms in total. The van der Waals surface area contributed by atoms with Gasteiger partial charge in [0.05, 0.1) is 11.4 Å².